The Labute approximate surface area is 169 Å². The Balaban J connectivity index is 1.43. The van der Waals surface area contributed by atoms with Crippen molar-refractivity contribution in [3.05, 3.63) is 47.1 Å². The summed E-state index contributed by atoms with van der Waals surface area (Å²) in [5, 5.41) is 11.3. The Morgan fingerprint density at radius 2 is 1.77 bits per heavy atom. The molecule has 156 valence electrons. The summed E-state index contributed by atoms with van der Waals surface area (Å²) in [6.07, 6.45) is -3.07. The molecule has 0 saturated carbocycles. The number of oxazole rings is 1. The van der Waals surface area contributed by atoms with E-state index in [-0.39, 0.29) is 11.6 Å². The highest BCUT2D eigenvalue weighted by Gasteiger charge is 2.38. The van der Waals surface area contributed by atoms with Gasteiger partial charge < -0.3 is 9.32 Å². The number of para-hydroxylation sites is 2. The van der Waals surface area contributed by atoms with E-state index in [1.165, 1.54) is 0 Å². The second-order valence-corrected chi connectivity index (χ2v) is 7.61. The van der Waals surface area contributed by atoms with Crippen LogP contribution in [-0.2, 0) is 6.18 Å². The summed E-state index contributed by atoms with van der Waals surface area (Å²) in [6, 6.07) is 7.64. The number of alkyl halides is 3. The number of anilines is 1. The van der Waals surface area contributed by atoms with E-state index in [0.29, 0.717) is 30.4 Å². The quantitative estimate of drug-likeness (QED) is 0.486. The summed E-state index contributed by atoms with van der Waals surface area (Å²) in [7, 11) is 0. The van der Waals surface area contributed by atoms with Crippen LogP contribution in [0.25, 0.3) is 16.7 Å². The van der Waals surface area contributed by atoms with Crippen LogP contribution in [0, 0.1) is 13.8 Å². The third kappa shape index (κ3) is 2.98. The van der Waals surface area contributed by atoms with E-state index in [9.17, 15) is 13.2 Å². The molecule has 1 saturated heterocycles. The topological polar surface area (TPSA) is 72.4 Å². The molecular formula is C20H19F3N6O. The van der Waals surface area contributed by atoms with Crippen molar-refractivity contribution < 1.29 is 17.6 Å². The predicted octanol–water partition coefficient (Wildman–Crippen LogP) is 4.29. The minimum Gasteiger partial charge on any atom is -0.440 e. The van der Waals surface area contributed by atoms with Gasteiger partial charge in [0, 0.05) is 30.1 Å². The third-order valence-electron chi connectivity index (χ3n) is 5.78. The third-order valence-corrected chi connectivity index (χ3v) is 5.78. The van der Waals surface area contributed by atoms with Crippen molar-refractivity contribution in [2.24, 2.45) is 0 Å². The van der Waals surface area contributed by atoms with Gasteiger partial charge in [-0.3, -0.25) is 0 Å². The standard InChI is InChI=1S/C20H19F3N6O/c1-11-12(2)17(27-29-16(11)25-26-19(29)20(21,22)23)28-9-7-13(8-10-28)18-24-14-5-3-4-6-15(14)30-18/h3-6,13H,7-10H2,1-2H3. The minimum absolute atomic E-state index is 0.130. The van der Waals surface area contributed by atoms with Crippen molar-refractivity contribution in [1.29, 1.82) is 0 Å². The molecule has 0 bridgehead atoms. The lowest BCUT2D eigenvalue weighted by atomic mass is 9.96. The van der Waals surface area contributed by atoms with Crippen LogP contribution in [-0.4, -0.2) is 37.9 Å². The fourth-order valence-corrected chi connectivity index (χ4v) is 3.99. The number of piperidine rings is 1. The molecule has 0 spiro atoms. The van der Waals surface area contributed by atoms with Gasteiger partial charge in [0.15, 0.2) is 22.9 Å². The van der Waals surface area contributed by atoms with E-state index in [2.05, 4.69) is 20.3 Å². The lowest BCUT2D eigenvalue weighted by Gasteiger charge is -2.32. The fourth-order valence-electron chi connectivity index (χ4n) is 3.99. The predicted molar refractivity (Wildman–Crippen MR) is 103 cm³/mol. The Morgan fingerprint density at radius 1 is 1.03 bits per heavy atom. The maximum absolute atomic E-state index is 13.3. The number of hydrogen-bond donors (Lipinski definition) is 0. The van der Waals surface area contributed by atoms with Gasteiger partial charge in [-0.05, 0) is 38.8 Å². The maximum Gasteiger partial charge on any atom is 0.453 e. The molecule has 1 aliphatic rings. The maximum atomic E-state index is 13.3. The van der Waals surface area contributed by atoms with Gasteiger partial charge in [-0.25, -0.2) is 4.98 Å². The summed E-state index contributed by atoms with van der Waals surface area (Å²) < 4.78 is 46.6. The van der Waals surface area contributed by atoms with Gasteiger partial charge in [-0.15, -0.1) is 15.3 Å². The molecule has 0 N–H and O–H groups in total. The number of rotatable bonds is 2. The number of nitrogens with zero attached hydrogens (tertiary/aromatic N) is 6. The average molecular weight is 416 g/mol. The van der Waals surface area contributed by atoms with Crippen molar-refractivity contribution in [2.75, 3.05) is 18.0 Å². The molecule has 5 rings (SSSR count). The van der Waals surface area contributed by atoms with Crippen LogP contribution in [0.5, 0.6) is 0 Å². The molecule has 0 radical (unpaired) electrons. The SMILES string of the molecule is Cc1c(N2CCC(c3nc4ccccc4o3)CC2)nn2c(C(F)(F)F)nnc2c1C. The number of fused-ring (bicyclic) bond motifs is 2. The Kier molecular flexibility index (Phi) is 4.19. The van der Waals surface area contributed by atoms with Crippen molar-refractivity contribution in [1.82, 2.24) is 24.8 Å². The molecular weight excluding hydrogens is 397 g/mol. The van der Waals surface area contributed by atoms with E-state index in [0.717, 1.165) is 34.0 Å². The van der Waals surface area contributed by atoms with Gasteiger partial charge in [0.25, 0.3) is 5.82 Å². The first-order chi connectivity index (χ1) is 14.3. The van der Waals surface area contributed by atoms with Crippen LogP contribution in [0.4, 0.5) is 19.0 Å². The lowest BCUT2D eigenvalue weighted by molar-refractivity contribution is -0.146. The molecule has 4 heterocycles. The van der Waals surface area contributed by atoms with Crippen LogP contribution >= 0.6 is 0 Å². The van der Waals surface area contributed by atoms with Crippen LogP contribution in [0.3, 0.4) is 0 Å². The van der Waals surface area contributed by atoms with Crippen molar-refractivity contribution in [2.45, 2.75) is 38.8 Å². The second-order valence-electron chi connectivity index (χ2n) is 7.61. The molecule has 30 heavy (non-hydrogen) atoms. The first-order valence-electron chi connectivity index (χ1n) is 9.73. The molecule has 10 heteroatoms. The molecule has 0 aliphatic carbocycles. The molecule has 1 aliphatic heterocycles. The molecule has 1 aromatic carbocycles. The Bertz CT molecular complexity index is 1200. The average Bonchev–Trinajstić information content (AvgIpc) is 3.35. The zero-order valence-electron chi connectivity index (χ0n) is 16.4. The van der Waals surface area contributed by atoms with Crippen LogP contribution in [0.2, 0.25) is 0 Å². The van der Waals surface area contributed by atoms with Crippen LogP contribution in [0.15, 0.2) is 28.7 Å². The zero-order valence-corrected chi connectivity index (χ0v) is 16.4. The van der Waals surface area contributed by atoms with Crippen molar-refractivity contribution in [3.8, 4) is 0 Å². The Hall–Kier alpha value is -3.17. The van der Waals surface area contributed by atoms with E-state index in [1.807, 2.05) is 36.1 Å². The van der Waals surface area contributed by atoms with Gasteiger partial charge in [0.1, 0.15) is 5.52 Å². The molecule has 0 atom stereocenters. The monoisotopic (exact) mass is 416 g/mol. The second kappa shape index (κ2) is 6.68. The summed E-state index contributed by atoms with van der Waals surface area (Å²) >= 11 is 0. The highest BCUT2D eigenvalue weighted by atomic mass is 19.4. The lowest BCUT2D eigenvalue weighted by Crippen LogP contribution is -2.34. The number of hydrogen-bond acceptors (Lipinski definition) is 6. The smallest absolute Gasteiger partial charge is 0.440 e. The van der Waals surface area contributed by atoms with Gasteiger partial charge >= 0.3 is 6.18 Å². The van der Waals surface area contributed by atoms with Gasteiger partial charge in [-0.1, -0.05) is 12.1 Å². The van der Waals surface area contributed by atoms with Crippen molar-refractivity contribution in [3.63, 3.8) is 0 Å². The first-order valence-corrected chi connectivity index (χ1v) is 9.73. The number of aryl methyl sites for hydroxylation is 1. The van der Waals surface area contributed by atoms with Gasteiger partial charge in [0.05, 0.1) is 0 Å². The van der Waals surface area contributed by atoms with Crippen LogP contribution < -0.4 is 4.90 Å². The zero-order chi connectivity index (χ0) is 21.0. The van der Waals surface area contributed by atoms with E-state index in [1.54, 1.807) is 6.92 Å². The molecule has 1 fully saturated rings. The highest BCUT2D eigenvalue weighted by molar-refractivity contribution is 5.72. The summed E-state index contributed by atoms with van der Waals surface area (Å²) in [6.45, 7) is 4.89. The van der Waals surface area contributed by atoms with Gasteiger partial charge in [-0.2, -0.15) is 17.7 Å². The summed E-state index contributed by atoms with van der Waals surface area (Å²) in [5.41, 5.74) is 3.18. The number of halogens is 3. The largest absolute Gasteiger partial charge is 0.453 e. The molecule has 0 unspecified atom stereocenters. The van der Waals surface area contributed by atoms with Gasteiger partial charge in [0.2, 0.25) is 0 Å². The Morgan fingerprint density at radius 3 is 2.47 bits per heavy atom. The molecule has 7 nitrogen and oxygen atoms in total. The first kappa shape index (κ1) is 18.8. The summed E-state index contributed by atoms with van der Waals surface area (Å²) in [4.78, 5) is 6.61. The van der Waals surface area contributed by atoms with E-state index < -0.39 is 12.0 Å². The normalized spacial score (nSPS) is 16.1. The molecule has 3 aromatic heterocycles. The highest BCUT2D eigenvalue weighted by Crippen LogP contribution is 2.34. The van der Waals surface area contributed by atoms with E-state index in [4.69, 9.17) is 4.42 Å². The number of benzene rings is 1. The summed E-state index contributed by atoms with van der Waals surface area (Å²) in [5.74, 6) is 0.300. The van der Waals surface area contributed by atoms with Crippen molar-refractivity contribution >= 4 is 22.6 Å². The van der Waals surface area contributed by atoms with E-state index >= 15 is 0 Å². The molecule has 4 aromatic rings. The fraction of sp³-hybridized carbons (Fsp3) is 0.400. The number of aromatic nitrogens is 5. The molecule has 0 amide bonds. The van der Waals surface area contributed by atoms with Crippen LogP contribution in [0.1, 0.15) is 41.6 Å². The minimum atomic E-state index is -4.62.